The van der Waals surface area contributed by atoms with Gasteiger partial charge in [0.2, 0.25) is 11.8 Å². The largest absolute Gasteiger partial charge is 0.345 e. The average Bonchev–Trinajstić information content (AvgIpc) is 3.15. The van der Waals surface area contributed by atoms with Crippen LogP contribution < -0.4 is 0 Å². The number of nitrogens with zero attached hydrogens (tertiary/aromatic N) is 3. The molecule has 1 atom stereocenters. The zero-order valence-electron chi connectivity index (χ0n) is 16.4. The highest BCUT2D eigenvalue weighted by Gasteiger charge is 2.40. The predicted molar refractivity (Wildman–Crippen MR) is 105 cm³/mol. The Bertz CT molecular complexity index is 682. The average molecular weight is 370 g/mol. The van der Waals surface area contributed by atoms with E-state index < -0.39 is 0 Å². The summed E-state index contributed by atoms with van der Waals surface area (Å²) in [5.41, 5.74) is 1.63. The van der Waals surface area contributed by atoms with Gasteiger partial charge < -0.3 is 9.80 Å². The molecule has 146 valence electrons. The maximum atomic E-state index is 12.8. The summed E-state index contributed by atoms with van der Waals surface area (Å²) in [7, 11) is 1.91. The highest BCUT2D eigenvalue weighted by molar-refractivity contribution is 5.79. The van der Waals surface area contributed by atoms with Gasteiger partial charge in [0.1, 0.15) is 0 Å². The first-order valence-electron chi connectivity index (χ1n) is 10.3. The molecule has 0 saturated carbocycles. The topological polar surface area (TPSA) is 43.9 Å². The summed E-state index contributed by atoms with van der Waals surface area (Å²) >= 11 is 0. The molecule has 1 aromatic carbocycles. The van der Waals surface area contributed by atoms with E-state index in [1.807, 2.05) is 11.9 Å². The van der Waals surface area contributed by atoms with Crippen LogP contribution in [0.25, 0.3) is 0 Å². The summed E-state index contributed by atoms with van der Waals surface area (Å²) in [6, 6.07) is 10.7. The molecule has 5 nitrogen and oxygen atoms in total. The van der Waals surface area contributed by atoms with Crippen molar-refractivity contribution in [2.24, 2.45) is 5.41 Å². The lowest BCUT2D eigenvalue weighted by molar-refractivity contribution is -0.141. The molecule has 3 fully saturated rings. The van der Waals surface area contributed by atoms with Gasteiger partial charge in [0.05, 0.1) is 6.54 Å². The van der Waals surface area contributed by atoms with Gasteiger partial charge in [-0.05, 0) is 49.1 Å². The van der Waals surface area contributed by atoms with Crippen LogP contribution in [0.2, 0.25) is 0 Å². The molecule has 4 rings (SSSR count). The van der Waals surface area contributed by atoms with Crippen molar-refractivity contribution in [3.8, 4) is 0 Å². The van der Waals surface area contributed by atoms with Crippen molar-refractivity contribution in [1.29, 1.82) is 0 Å². The van der Waals surface area contributed by atoms with Crippen molar-refractivity contribution in [2.45, 2.75) is 38.0 Å². The Morgan fingerprint density at radius 2 is 1.85 bits per heavy atom. The molecule has 5 heteroatoms. The minimum absolute atomic E-state index is 0.242. The van der Waals surface area contributed by atoms with E-state index in [9.17, 15) is 9.59 Å². The molecule has 0 unspecified atom stereocenters. The number of piperidine rings is 2. The second-order valence-electron chi connectivity index (χ2n) is 8.76. The van der Waals surface area contributed by atoms with Crippen molar-refractivity contribution in [1.82, 2.24) is 14.7 Å². The molecular weight excluding hydrogens is 338 g/mol. The van der Waals surface area contributed by atoms with Gasteiger partial charge in [0.15, 0.2) is 0 Å². The third kappa shape index (κ3) is 4.03. The Balaban J connectivity index is 1.26. The predicted octanol–water partition coefficient (Wildman–Crippen LogP) is 2.34. The molecule has 3 aliphatic heterocycles. The number of hydrogen-bond donors (Lipinski definition) is 0. The Hall–Kier alpha value is -1.88. The third-order valence-electron chi connectivity index (χ3n) is 6.95. The first-order valence-corrected chi connectivity index (χ1v) is 10.3. The van der Waals surface area contributed by atoms with Crippen molar-refractivity contribution in [3.63, 3.8) is 0 Å². The van der Waals surface area contributed by atoms with Crippen LogP contribution in [0, 0.1) is 5.41 Å². The van der Waals surface area contributed by atoms with Gasteiger partial charge in [-0.2, -0.15) is 0 Å². The lowest BCUT2D eigenvalue weighted by Gasteiger charge is -2.46. The van der Waals surface area contributed by atoms with Gasteiger partial charge in [-0.15, -0.1) is 0 Å². The van der Waals surface area contributed by atoms with Gasteiger partial charge >= 0.3 is 0 Å². The SMILES string of the molecule is CN1CC2(CCC1=O)CCN(C(=O)CN1CC[C@@H](c3ccccc3)C1)CC2. The maximum absolute atomic E-state index is 12.8. The van der Waals surface area contributed by atoms with E-state index >= 15 is 0 Å². The molecule has 3 aliphatic rings. The molecule has 2 amide bonds. The summed E-state index contributed by atoms with van der Waals surface area (Å²) in [5, 5.41) is 0. The van der Waals surface area contributed by atoms with Crippen LogP contribution in [0.1, 0.15) is 43.6 Å². The lowest BCUT2D eigenvalue weighted by Crippen LogP contribution is -2.52. The zero-order chi connectivity index (χ0) is 18.9. The summed E-state index contributed by atoms with van der Waals surface area (Å²) in [4.78, 5) is 30.8. The number of amides is 2. The molecule has 0 aromatic heterocycles. The minimum atomic E-state index is 0.242. The van der Waals surface area contributed by atoms with Crippen molar-refractivity contribution in [3.05, 3.63) is 35.9 Å². The normalized spacial score (nSPS) is 26.0. The van der Waals surface area contributed by atoms with Crippen LogP contribution in [0.4, 0.5) is 0 Å². The van der Waals surface area contributed by atoms with E-state index in [0.717, 1.165) is 58.4 Å². The van der Waals surface area contributed by atoms with E-state index in [1.54, 1.807) is 0 Å². The van der Waals surface area contributed by atoms with E-state index in [2.05, 4.69) is 40.1 Å². The molecule has 0 N–H and O–H groups in total. The van der Waals surface area contributed by atoms with Crippen LogP contribution in [0.15, 0.2) is 30.3 Å². The first kappa shape index (κ1) is 18.5. The quantitative estimate of drug-likeness (QED) is 0.821. The molecule has 0 aliphatic carbocycles. The monoisotopic (exact) mass is 369 g/mol. The highest BCUT2D eigenvalue weighted by atomic mass is 16.2. The minimum Gasteiger partial charge on any atom is -0.345 e. The second kappa shape index (κ2) is 7.63. The number of benzene rings is 1. The van der Waals surface area contributed by atoms with Crippen LogP contribution in [-0.4, -0.2) is 72.8 Å². The van der Waals surface area contributed by atoms with Gasteiger partial charge in [-0.25, -0.2) is 0 Å². The van der Waals surface area contributed by atoms with E-state index in [1.165, 1.54) is 5.56 Å². The summed E-state index contributed by atoms with van der Waals surface area (Å²) in [6.07, 6.45) is 4.86. The fourth-order valence-electron chi connectivity index (χ4n) is 5.14. The van der Waals surface area contributed by atoms with Gasteiger partial charge in [-0.1, -0.05) is 30.3 Å². The molecule has 3 heterocycles. The molecule has 3 saturated heterocycles. The first-order chi connectivity index (χ1) is 13.0. The van der Waals surface area contributed by atoms with E-state index in [0.29, 0.717) is 18.9 Å². The Morgan fingerprint density at radius 3 is 2.56 bits per heavy atom. The van der Waals surface area contributed by atoms with Crippen molar-refractivity contribution < 1.29 is 9.59 Å². The third-order valence-corrected chi connectivity index (χ3v) is 6.95. The van der Waals surface area contributed by atoms with Crippen LogP contribution >= 0.6 is 0 Å². The van der Waals surface area contributed by atoms with Gasteiger partial charge in [0, 0.05) is 39.6 Å². The number of hydrogen-bond acceptors (Lipinski definition) is 3. The van der Waals surface area contributed by atoms with Gasteiger partial charge in [0.25, 0.3) is 0 Å². The zero-order valence-corrected chi connectivity index (χ0v) is 16.4. The number of carbonyl (C=O) groups excluding carboxylic acids is 2. The molecule has 0 bridgehead atoms. The Kier molecular flexibility index (Phi) is 5.22. The van der Waals surface area contributed by atoms with E-state index in [-0.39, 0.29) is 17.2 Å². The smallest absolute Gasteiger partial charge is 0.236 e. The fourth-order valence-corrected chi connectivity index (χ4v) is 5.14. The molecule has 27 heavy (non-hydrogen) atoms. The number of likely N-dealkylation sites (tertiary alicyclic amines) is 3. The number of rotatable bonds is 3. The molecule has 1 spiro atoms. The summed E-state index contributed by atoms with van der Waals surface area (Å²) < 4.78 is 0. The highest BCUT2D eigenvalue weighted by Crippen LogP contribution is 2.39. The number of carbonyl (C=O) groups is 2. The molecule has 1 aromatic rings. The second-order valence-corrected chi connectivity index (χ2v) is 8.76. The van der Waals surface area contributed by atoms with E-state index in [4.69, 9.17) is 0 Å². The summed E-state index contributed by atoms with van der Waals surface area (Å²) in [5.74, 6) is 1.10. The van der Waals surface area contributed by atoms with Crippen LogP contribution in [-0.2, 0) is 9.59 Å². The van der Waals surface area contributed by atoms with Gasteiger partial charge in [-0.3, -0.25) is 14.5 Å². The maximum Gasteiger partial charge on any atom is 0.236 e. The van der Waals surface area contributed by atoms with Crippen molar-refractivity contribution >= 4 is 11.8 Å². The summed E-state index contributed by atoms with van der Waals surface area (Å²) in [6.45, 7) is 5.09. The van der Waals surface area contributed by atoms with Crippen LogP contribution in [0.5, 0.6) is 0 Å². The molecular formula is C22H31N3O2. The standard InChI is InChI=1S/C22H31N3O2/c1-23-17-22(9-7-20(23)26)10-13-25(14-11-22)21(27)16-24-12-8-19(15-24)18-5-3-2-4-6-18/h2-6,19H,7-17H2,1H3/t19-/m1/s1. The van der Waals surface area contributed by atoms with Crippen molar-refractivity contribution in [2.75, 3.05) is 46.3 Å². The van der Waals surface area contributed by atoms with Crippen LogP contribution in [0.3, 0.4) is 0 Å². The Labute approximate surface area is 162 Å². The Morgan fingerprint density at radius 1 is 1.11 bits per heavy atom. The fraction of sp³-hybridized carbons (Fsp3) is 0.636. The lowest BCUT2D eigenvalue weighted by atomic mass is 9.72. The molecule has 0 radical (unpaired) electrons.